The Labute approximate surface area is 118 Å². The molecule has 0 aliphatic heterocycles. The summed E-state index contributed by atoms with van der Waals surface area (Å²) in [5.41, 5.74) is 6.50. The minimum absolute atomic E-state index is 0.114. The van der Waals surface area contributed by atoms with E-state index in [1.807, 2.05) is 0 Å². The van der Waals surface area contributed by atoms with Crippen molar-refractivity contribution in [2.45, 2.75) is 6.92 Å². The van der Waals surface area contributed by atoms with E-state index in [4.69, 9.17) is 5.73 Å². The molecule has 19 heavy (non-hydrogen) atoms. The number of amides is 1. The van der Waals surface area contributed by atoms with E-state index in [1.54, 1.807) is 30.2 Å². The lowest BCUT2D eigenvalue weighted by atomic mass is 10.1. The van der Waals surface area contributed by atoms with Crippen LogP contribution < -0.4 is 11.1 Å². The van der Waals surface area contributed by atoms with Gasteiger partial charge in [0.15, 0.2) is 0 Å². The van der Waals surface area contributed by atoms with E-state index in [0.717, 1.165) is 5.75 Å². The Morgan fingerprint density at radius 2 is 2.42 bits per heavy atom. The first-order valence-corrected chi connectivity index (χ1v) is 7.48. The first-order valence-electron chi connectivity index (χ1n) is 6.09. The second-order valence-corrected chi connectivity index (χ2v) is 5.11. The molecule has 4 nitrogen and oxygen atoms in total. The molecule has 1 amide bonds. The summed E-state index contributed by atoms with van der Waals surface area (Å²) in [6.07, 6.45) is 5.23. The maximum Gasteiger partial charge on any atom is 0.252 e. The summed E-state index contributed by atoms with van der Waals surface area (Å²) < 4.78 is 0. The van der Waals surface area contributed by atoms with Gasteiger partial charge in [-0.3, -0.25) is 9.78 Å². The maximum atomic E-state index is 12.1. The number of hydrogen-bond acceptors (Lipinski definition) is 4. The average Bonchev–Trinajstić information content (AvgIpc) is 2.43. The predicted octanol–water partition coefficient (Wildman–Crippen LogP) is 1.12. The highest BCUT2D eigenvalue weighted by atomic mass is 32.2. The molecular formula is C14H19N3OS. The van der Waals surface area contributed by atoms with Crippen LogP contribution in [-0.4, -0.2) is 36.0 Å². The number of thioether (sulfide) groups is 1. The Kier molecular flexibility index (Phi) is 7.01. The highest BCUT2D eigenvalue weighted by molar-refractivity contribution is 7.98. The van der Waals surface area contributed by atoms with E-state index in [-0.39, 0.29) is 12.5 Å². The minimum atomic E-state index is -0.114. The van der Waals surface area contributed by atoms with Gasteiger partial charge < -0.3 is 11.1 Å². The van der Waals surface area contributed by atoms with Gasteiger partial charge in [0.1, 0.15) is 0 Å². The Balaban J connectivity index is 2.71. The topological polar surface area (TPSA) is 68.0 Å². The summed E-state index contributed by atoms with van der Waals surface area (Å²) >= 11 is 1.77. The third kappa shape index (κ3) is 5.33. The number of carbonyl (C=O) groups is 1. The molecule has 5 heteroatoms. The van der Waals surface area contributed by atoms with Crippen LogP contribution in [-0.2, 0) is 0 Å². The van der Waals surface area contributed by atoms with Gasteiger partial charge in [-0.25, -0.2) is 0 Å². The SMILES string of the molecule is CSCC(C)CNC(=O)c1ccncc1C#CCN. The molecule has 1 heterocycles. The quantitative estimate of drug-likeness (QED) is 0.792. The fourth-order valence-electron chi connectivity index (χ4n) is 1.54. The Morgan fingerprint density at radius 3 is 3.11 bits per heavy atom. The summed E-state index contributed by atoms with van der Waals surface area (Å²) in [7, 11) is 0. The molecule has 0 radical (unpaired) electrons. The van der Waals surface area contributed by atoms with Crippen LogP contribution in [0.2, 0.25) is 0 Å². The van der Waals surface area contributed by atoms with Crippen molar-refractivity contribution < 1.29 is 4.79 Å². The van der Waals surface area contributed by atoms with Crippen molar-refractivity contribution in [2.24, 2.45) is 11.7 Å². The summed E-state index contributed by atoms with van der Waals surface area (Å²) in [4.78, 5) is 16.1. The molecule has 1 atom stereocenters. The molecule has 1 aromatic heterocycles. The lowest BCUT2D eigenvalue weighted by Gasteiger charge is -2.11. The monoisotopic (exact) mass is 277 g/mol. The highest BCUT2D eigenvalue weighted by Gasteiger charge is 2.11. The molecule has 1 rings (SSSR count). The number of nitrogens with zero attached hydrogens (tertiary/aromatic N) is 1. The van der Waals surface area contributed by atoms with E-state index in [0.29, 0.717) is 23.6 Å². The molecule has 0 aliphatic rings. The van der Waals surface area contributed by atoms with Gasteiger partial charge >= 0.3 is 0 Å². The van der Waals surface area contributed by atoms with Crippen LogP contribution in [0.4, 0.5) is 0 Å². The molecule has 0 bridgehead atoms. The number of nitrogens with two attached hydrogens (primary N) is 1. The van der Waals surface area contributed by atoms with Crippen molar-refractivity contribution in [3.63, 3.8) is 0 Å². The van der Waals surface area contributed by atoms with E-state index in [9.17, 15) is 4.79 Å². The normalized spacial score (nSPS) is 11.3. The van der Waals surface area contributed by atoms with Crippen LogP contribution >= 0.6 is 11.8 Å². The molecule has 0 saturated heterocycles. The zero-order chi connectivity index (χ0) is 14.1. The van der Waals surface area contributed by atoms with E-state index < -0.39 is 0 Å². The van der Waals surface area contributed by atoms with E-state index in [2.05, 4.69) is 35.3 Å². The molecule has 0 spiro atoms. The molecule has 1 unspecified atom stereocenters. The molecule has 0 aromatic carbocycles. The van der Waals surface area contributed by atoms with Gasteiger partial charge in [-0.05, 0) is 24.0 Å². The van der Waals surface area contributed by atoms with Crippen LogP contribution in [0.15, 0.2) is 18.5 Å². The van der Waals surface area contributed by atoms with Gasteiger partial charge in [0.25, 0.3) is 5.91 Å². The zero-order valence-corrected chi connectivity index (χ0v) is 12.1. The standard InChI is InChI=1S/C14H19N3OS/c1-11(10-19-2)8-17-14(18)13-5-7-16-9-12(13)4-3-6-15/h5,7,9,11H,6,8,10,15H2,1-2H3,(H,17,18). The lowest BCUT2D eigenvalue weighted by molar-refractivity contribution is 0.0949. The third-order valence-corrected chi connectivity index (χ3v) is 3.36. The summed E-state index contributed by atoms with van der Waals surface area (Å²) in [5.74, 6) is 6.96. The maximum absolute atomic E-state index is 12.1. The first-order chi connectivity index (χ1) is 9.19. The van der Waals surface area contributed by atoms with Gasteiger partial charge in [-0.15, -0.1) is 0 Å². The van der Waals surface area contributed by atoms with Crippen LogP contribution in [0.5, 0.6) is 0 Å². The Morgan fingerprint density at radius 1 is 1.63 bits per heavy atom. The molecular weight excluding hydrogens is 258 g/mol. The number of rotatable bonds is 5. The van der Waals surface area contributed by atoms with Crippen molar-refractivity contribution in [3.8, 4) is 11.8 Å². The molecule has 102 valence electrons. The fraction of sp³-hybridized carbons (Fsp3) is 0.429. The number of pyridine rings is 1. The Hall–Kier alpha value is -1.51. The first kappa shape index (κ1) is 15.5. The van der Waals surface area contributed by atoms with Crippen molar-refractivity contribution in [1.82, 2.24) is 10.3 Å². The van der Waals surface area contributed by atoms with Gasteiger partial charge in [-0.2, -0.15) is 11.8 Å². The average molecular weight is 277 g/mol. The van der Waals surface area contributed by atoms with Gasteiger partial charge in [0.05, 0.1) is 17.7 Å². The van der Waals surface area contributed by atoms with Gasteiger partial charge in [0.2, 0.25) is 0 Å². The van der Waals surface area contributed by atoms with Gasteiger partial charge in [0, 0.05) is 18.9 Å². The van der Waals surface area contributed by atoms with Crippen molar-refractivity contribution in [2.75, 3.05) is 25.1 Å². The summed E-state index contributed by atoms with van der Waals surface area (Å²) in [6, 6.07) is 1.68. The second-order valence-electron chi connectivity index (χ2n) is 4.20. The smallest absolute Gasteiger partial charge is 0.252 e. The molecule has 3 N–H and O–H groups in total. The fourth-order valence-corrected chi connectivity index (χ4v) is 2.23. The molecule has 1 aromatic rings. The van der Waals surface area contributed by atoms with Crippen molar-refractivity contribution >= 4 is 17.7 Å². The molecule has 0 fully saturated rings. The highest BCUT2D eigenvalue weighted by Crippen LogP contribution is 2.07. The number of hydrogen-bond donors (Lipinski definition) is 2. The number of aromatic nitrogens is 1. The number of carbonyl (C=O) groups excluding carboxylic acids is 1. The predicted molar refractivity (Wildman–Crippen MR) is 80.0 cm³/mol. The van der Waals surface area contributed by atoms with E-state index >= 15 is 0 Å². The van der Waals surface area contributed by atoms with E-state index in [1.165, 1.54) is 0 Å². The van der Waals surface area contributed by atoms with Crippen molar-refractivity contribution in [3.05, 3.63) is 29.6 Å². The molecule has 0 aliphatic carbocycles. The third-order valence-electron chi connectivity index (χ3n) is 2.45. The molecule has 0 saturated carbocycles. The van der Waals surface area contributed by atoms with Crippen LogP contribution in [0.3, 0.4) is 0 Å². The van der Waals surface area contributed by atoms with Crippen LogP contribution in [0, 0.1) is 17.8 Å². The van der Waals surface area contributed by atoms with Crippen molar-refractivity contribution in [1.29, 1.82) is 0 Å². The zero-order valence-electron chi connectivity index (χ0n) is 11.3. The van der Waals surface area contributed by atoms with Crippen LogP contribution in [0.1, 0.15) is 22.8 Å². The summed E-state index contributed by atoms with van der Waals surface area (Å²) in [6.45, 7) is 3.03. The van der Waals surface area contributed by atoms with Gasteiger partial charge in [-0.1, -0.05) is 18.8 Å². The summed E-state index contributed by atoms with van der Waals surface area (Å²) in [5, 5.41) is 2.92. The van der Waals surface area contributed by atoms with Crippen LogP contribution in [0.25, 0.3) is 0 Å². The second kappa shape index (κ2) is 8.57. The Bertz CT molecular complexity index is 479. The number of nitrogens with one attached hydrogen (secondary N) is 1. The largest absolute Gasteiger partial charge is 0.352 e. The minimum Gasteiger partial charge on any atom is -0.352 e. The lowest BCUT2D eigenvalue weighted by Crippen LogP contribution is -2.29.